The quantitative estimate of drug-likeness (QED) is 0.688. The van der Waals surface area contributed by atoms with E-state index in [-0.39, 0.29) is 0 Å². The number of nitrogens with zero attached hydrogens (tertiary/aromatic N) is 4. The van der Waals surface area contributed by atoms with Crippen molar-refractivity contribution in [3.05, 3.63) is 33.5 Å². The summed E-state index contributed by atoms with van der Waals surface area (Å²) in [4.78, 5) is 13.5. The second kappa shape index (κ2) is 4.90. The monoisotopic (exact) mass is 284 g/mol. The normalized spacial score (nSPS) is 23.8. The van der Waals surface area contributed by atoms with Gasteiger partial charge >= 0.3 is 0 Å². The van der Waals surface area contributed by atoms with E-state index in [1.807, 2.05) is 9.80 Å². The third-order valence-electron chi connectivity index (χ3n) is 3.60. The number of hydrogen-bond donors (Lipinski definition) is 2. The molecule has 10 nitrogen and oxygen atoms in total. The Morgan fingerprint density at radius 2 is 1.15 bits per heavy atom. The van der Waals surface area contributed by atoms with E-state index < -0.39 is 0 Å². The first-order valence-corrected chi connectivity index (χ1v) is 6.30. The Labute approximate surface area is 115 Å². The van der Waals surface area contributed by atoms with Gasteiger partial charge in [0.05, 0.1) is 11.4 Å². The summed E-state index contributed by atoms with van der Waals surface area (Å²) in [7, 11) is 0. The number of hydrogen-bond acceptors (Lipinski definition) is 10. The van der Waals surface area contributed by atoms with Crippen molar-refractivity contribution < 1.29 is 9.88 Å². The average Bonchev–Trinajstić information content (AvgIpc) is 2.96. The van der Waals surface area contributed by atoms with Gasteiger partial charge in [-0.15, -0.1) is 0 Å². The molecule has 3 aliphatic heterocycles. The maximum atomic E-state index is 11.2. The first-order chi connectivity index (χ1) is 9.58. The van der Waals surface area contributed by atoms with Crippen molar-refractivity contribution in [2.24, 2.45) is 0 Å². The summed E-state index contributed by atoms with van der Waals surface area (Å²) in [5.41, 5.74) is 6.24. The largest absolute Gasteiger partial charge is 0.732 e. The number of allylic oxidation sites excluding steroid dienone is 2. The van der Waals surface area contributed by atoms with Gasteiger partial charge in [-0.3, -0.25) is 10.5 Å². The lowest BCUT2D eigenvalue weighted by Crippen LogP contribution is -2.48. The zero-order chi connectivity index (χ0) is 14.3. The number of hydroxylamine groups is 6. The van der Waals surface area contributed by atoms with Crippen LogP contribution in [-0.4, -0.2) is 46.4 Å². The Kier molecular flexibility index (Phi) is 3.22. The molecule has 0 atom stereocenters. The van der Waals surface area contributed by atoms with Gasteiger partial charge in [0.25, 0.3) is 0 Å². The number of nitrogens with one attached hydrogen (secondary N) is 2. The fourth-order valence-corrected chi connectivity index (χ4v) is 2.37. The summed E-state index contributed by atoms with van der Waals surface area (Å²) in [5.74, 6) is 1.37. The van der Waals surface area contributed by atoms with Gasteiger partial charge in [-0.05, 0) is 13.8 Å². The maximum absolute atomic E-state index is 11.2. The fraction of sp³-hybridized carbons (Fsp3) is 0.600. The molecule has 0 bridgehead atoms. The van der Waals surface area contributed by atoms with Crippen LogP contribution in [0.4, 0.5) is 0 Å². The predicted molar refractivity (Wildman–Crippen MR) is 67.4 cm³/mol. The highest BCUT2D eigenvalue weighted by Crippen LogP contribution is 2.22. The predicted octanol–water partition coefficient (Wildman–Crippen LogP) is -0.519. The Morgan fingerprint density at radius 3 is 1.40 bits per heavy atom. The van der Waals surface area contributed by atoms with Gasteiger partial charge in [-0.1, -0.05) is 0 Å². The van der Waals surface area contributed by atoms with Crippen LogP contribution in [0.2, 0.25) is 0 Å². The van der Waals surface area contributed by atoms with Crippen LogP contribution in [0.15, 0.2) is 23.0 Å². The summed E-state index contributed by atoms with van der Waals surface area (Å²) >= 11 is 0. The van der Waals surface area contributed by atoms with Crippen LogP contribution >= 0.6 is 0 Å². The molecule has 1 saturated heterocycles. The maximum Gasteiger partial charge on any atom is 0.149 e. The van der Waals surface area contributed by atoms with Crippen LogP contribution in [-0.2, 0) is 9.88 Å². The van der Waals surface area contributed by atoms with Crippen molar-refractivity contribution >= 4 is 0 Å². The Balaban J connectivity index is 1.63. The second-order valence-corrected chi connectivity index (χ2v) is 4.74. The average molecular weight is 284 g/mol. The van der Waals surface area contributed by atoms with Crippen molar-refractivity contribution in [1.82, 2.24) is 31.2 Å². The molecule has 112 valence electrons. The van der Waals surface area contributed by atoms with Gasteiger partial charge in [-0.2, -0.15) is 9.88 Å². The van der Waals surface area contributed by atoms with E-state index in [1.54, 1.807) is 13.8 Å². The number of piperazine rings is 1. The second-order valence-electron chi connectivity index (χ2n) is 4.74. The van der Waals surface area contributed by atoms with Crippen molar-refractivity contribution in [3.8, 4) is 0 Å². The highest BCUT2D eigenvalue weighted by Gasteiger charge is 2.27. The van der Waals surface area contributed by atoms with E-state index in [2.05, 4.69) is 11.0 Å². The van der Waals surface area contributed by atoms with E-state index in [0.717, 1.165) is 0 Å². The van der Waals surface area contributed by atoms with Crippen molar-refractivity contribution in [2.45, 2.75) is 13.8 Å². The van der Waals surface area contributed by atoms with Crippen LogP contribution in [0.1, 0.15) is 13.8 Å². The lowest BCUT2D eigenvalue weighted by molar-refractivity contribution is -0.122. The van der Waals surface area contributed by atoms with E-state index in [4.69, 9.17) is 9.88 Å². The molecule has 0 radical (unpaired) electrons. The molecule has 0 saturated carbocycles. The molecule has 20 heavy (non-hydrogen) atoms. The molecule has 10 heteroatoms. The molecular formula is C10H16N6O4-2. The van der Waals surface area contributed by atoms with E-state index >= 15 is 0 Å². The van der Waals surface area contributed by atoms with Gasteiger partial charge in [0.15, 0.2) is 0 Å². The molecule has 0 amide bonds. The van der Waals surface area contributed by atoms with Gasteiger partial charge in [0.2, 0.25) is 0 Å². The lowest BCUT2D eigenvalue weighted by atomic mass is 10.3. The molecule has 3 rings (SSSR count). The highest BCUT2D eigenvalue weighted by molar-refractivity contribution is 5.13. The first-order valence-electron chi connectivity index (χ1n) is 6.30. The van der Waals surface area contributed by atoms with Gasteiger partial charge in [0, 0.05) is 26.2 Å². The lowest BCUT2D eigenvalue weighted by Gasteiger charge is -2.37. The zero-order valence-corrected chi connectivity index (χ0v) is 11.3. The third-order valence-corrected chi connectivity index (χ3v) is 3.60. The van der Waals surface area contributed by atoms with E-state index in [9.17, 15) is 10.4 Å². The summed E-state index contributed by atoms with van der Waals surface area (Å²) in [6.45, 7) is 6.21. The molecule has 0 aromatic carbocycles. The van der Waals surface area contributed by atoms with Gasteiger partial charge in [0.1, 0.15) is 11.6 Å². The smallest absolute Gasteiger partial charge is 0.149 e. The first kappa shape index (κ1) is 13.1. The summed E-state index contributed by atoms with van der Waals surface area (Å²) in [5, 5.41) is 23.4. The molecule has 1 fully saturated rings. The molecule has 0 spiro atoms. The molecule has 2 N–H and O–H groups in total. The van der Waals surface area contributed by atoms with Crippen LogP contribution in [0.3, 0.4) is 0 Å². The fourth-order valence-electron chi connectivity index (χ4n) is 2.37. The molecule has 3 aliphatic rings. The SMILES string of the molecule is CC1=C(N2CCN(C3=C(C)N([O-])ON3)CC2)NON1[O-]. The van der Waals surface area contributed by atoms with Crippen molar-refractivity contribution in [1.29, 1.82) is 0 Å². The molecule has 0 aromatic heterocycles. The number of rotatable bonds is 2. The van der Waals surface area contributed by atoms with E-state index in [1.165, 1.54) is 0 Å². The molecule has 3 heterocycles. The molecular weight excluding hydrogens is 268 g/mol. The van der Waals surface area contributed by atoms with Crippen LogP contribution < -0.4 is 11.0 Å². The Bertz CT molecular complexity index is 417. The topological polar surface area (TPSA) is 102 Å². The summed E-state index contributed by atoms with van der Waals surface area (Å²) < 4.78 is 0. The van der Waals surface area contributed by atoms with Crippen LogP contribution in [0.25, 0.3) is 0 Å². The summed E-state index contributed by atoms with van der Waals surface area (Å²) in [6.07, 6.45) is 0. The van der Waals surface area contributed by atoms with E-state index in [0.29, 0.717) is 59.7 Å². The Hall–Kier alpha value is -1.88. The molecule has 0 aromatic rings. The summed E-state index contributed by atoms with van der Waals surface area (Å²) in [6, 6.07) is 0. The minimum atomic E-state index is 0.454. The standard InChI is InChI=1S/C10H16N6O4/c1-7-9(11-19-15(7)17)13-3-5-14(6-4-13)10-8(2)16(18)20-12-10/h11-12H,3-6H2,1-2H3/q-2. The minimum Gasteiger partial charge on any atom is -0.732 e. The third kappa shape index (κ3) is 2.08. The van der Waals surface area contributed by atoms with Crippen LogP contribution in [0.5, 0.6) is 0 Å². The van der Waals surface area contributed by atoms with Crippen molar-refractivity contribution in [2.75, 3.05) is 26.2 Å². The van der Waals surface area contributed by atoms with Crippen molar-refractivity contribution in [3.63, 3.8) is 0 Å². The van der Waals surface area contributed by atoms with Crippen LogP contribution in [0, 0.1) is 10.4 Å². The van der Waals surface area contributed by atoms with Gasteiger partial charge in [-0.25, -0.2) is 11.0 Å². The molecule has 0 aliphatic carbocycles. The van der Waals surface area contributed by atoms with Gasteiger partial charge < -0.3 is 20.2 Å². The zero-order valence-electron chi connectivity index (χ0n) is 11.3. The Morgan fingerprint density at radius 1 is 0.800 bits per heavy atom. The highest BCUT2D eigenvalue weighted by atomic mass is 17.0. The minimum absolute atomic E-state index is 0.454. The molecule has 0 unspecified atom stereocenters.